The van der Waals surface area contributed by atoms with E-state index < -0.39 is 7.12 Å². The third-order valence-electron chi connectivity index (χ3n) is 7.41. The van der Waals surface area contributed by atoms with Gasteiger partial charge in [-0.3, -0.25) is 9.29 Å². The van der Waals surface area contributed by atoms with Gasteiger partial charge in [-0.25, -0.2) is 0 Å². The fourth-order valence-corrected chi connectivity index (χ4v) is 6.10. The summed E-state index contributed by atoms with van der Waals surface area (Å²) in [6, 6.07) is 19.4. The van der Waals surface area contributed by atoms with Crippen molar-refractivity contribution in [3.8, 4) is 5.75 Å². The van der Waals surface area contributed by atoms with E-state index in [1.165, 1.54) is 0 Å². The fourth-order valence-electron chi connectivity index (χ4n) is 5.57. The zero-order valence-corrected chi connectivity index (χ0v) is 22.7. The Labute approximate surface area is 233 Å². The summed E-state index contributed by atoms with van der Waals surface area (Å²) in [5.41, 5.74) is 6.81. The average molecular weight is 554 g/mol. The van der Waals surface area contributed by atoms with Crippen molar-refractivity contribution in [1.29, 1.82) is 0 Å². The third-order valence-corrected chi connectivity index (χ3v) is 7.96. The Balaban J connectivity index is 1.51. The van der Waals surface area contributed by atoms with Gasteiger partial charge in [0, 0.05) is 29.7 Å². The van der Waals surface area contributed by atoms with Gasteiger partial charge in [0.25, 0.3) is 0 Å². The molecule has 1 atom stereocenters. The van der Waals surface area contributed by atoms with Crippen LogP contribution >= 0.6 is 23.2 Å². The zero-order valence-electron chi connectivity index (χ0n) is 21.2. The van der Waals surface area contributed by atoms with Gasteiger partial charge in [0.2, 0.25) is 0 Å². The van der Waals surface area contributed by atoms with Gasteiger partial charge in [-0.05, 0) is 95.2 Å². The number of likely N-dealkylation sites (tertiary alicyclic amines) is 1. The van der Waals surface area contributed by atoms with Crippen molar-refractivity contribution in [3.63, 3.8) is 0 Å². The van der Waals surface area contributed by atoms with E-state index in [-0.39, 0.29) is 12.8 Å². The maximum Gasteiger partial charge on any atom is 0.488 e. The van der Waals surface area contributed by atoms with Gasteiger partial charge < -0.3 is 14.8 Å². The number of hydrogen-bond donors (Lipinski definition) is 2. The average Bonchev–Trinajstić information content (AvgIpc) is 3.26. The molecule has 1 saturated heterocycles. The first kappa shape index (κ1) is 27.2. The van der Waals surface area contributed by atoms with Crippen molar-refractivity contribution in [3.05, 3.63) is 93.0 Å². The van der Waals surface area contributed by atoms with Crippen molar-refractivity contribution >= 4 is 46.9 Å². The van der Waals surface area contributed by atoms with Gasteiger partial charge in [-0.15, -0.1) is 0 Å². The highest BCUT2D eigenvalue weighted by Crippen LogP contribution is 2.42. The Morgan fingerprint density at radius 2 is 1.76 bits per heavy atom. The number of fused-ring (bicyclic) bond motifs is 1. The van der Waals surface area contributed by atoms with Gasteiger partial charge in [-0.1, -0.05) is 59.6 Å². The molecule has 3 aromatic rings. The van der Waals surface area contributed by atoms with Crippen LogP contribution in [0.4, 0.5) is 4.39 Å². The van der Waals surface area contributed by atoms with E-state index in [1.807, 2.05) is 36.4 Å². The standard InChI is InChI=1S/C30H31BCl2FNO3/c32-23-8-12-27(29(33)18-23)28-4-1-3-21-17-22(31(36)37)7-11-26(21)30(28)20-5-9-24(10-6-20)38-25-13-16-35(19-25)15-2-14-34/h5-12,17-18,25,36-37H,1-4,13-16,19H2. The molecule has 0 saturated carbocycles. The van der Waals surface area contributed by atoms with E-state index in [0.717, 1.165) is 84.5 Å². The lowest BCUT2D eigenvalue weighted by molar-refractivity contribution is 0.198. The third kappa shape index (κ3) is 6.11. The molecule has 1 aliphatic carbocycles. The van der Waals surface area contributed by atoms with E-state index in [0.29, 0.717) is 21.9 Å². The van der Waals surface area contributed by atoms with E-state index in [1.54, 1.807) is 12.1 Å². The number of aryl methyl sites for hydroxylation is 1. The van der Waals surface area contributed by atoms with Crippen LogP contribution in [0.3, 0.4) is 0 Å². The molecule has 5 rings (SSSR count). The number of halogens is 3. The molecule has 2 aliphatic rings. The van der Waals surface area contributed by atoms with Gasteiger partial charge in [0.05, 0.1) is 6.67 Å². The molecule has 0 radical (unpaired) electrons. The normalized spacial score (nSPS) is 17.9. The second kappa shape index (κ2) is 12.2. The van der Waals surface area contributed by atoms with E-state index >= 15 is 0 Å². The summed E-state index contributed by atoms with van der Waals surface area (Å²) >= 11 is 12.9. The molecule has 0 spiro atoms. The predicted octanol–water partition coefficient (Wildman–Crippen LogP) is 5.78. The summed E-state index contributed by atoms with van der Waals surface area (Å²) in [6.07, 6.45) is 4.14. The van der Waals surface area contributed by atoms with Crippen molar-refractivity contribution < 1.29 is 19.2 Å². The molecule has 3 aromatic carbocycles. The van der Waals surface area contributed by atoms with Crippen molar-refractivity contribution in [2.24, 2.45) is 0 Å². The van der Waals surface area contributed by atoms with Gasteiger partial charge in [-0.2, -0.15) is 0 Å². The monoisotopic (exact) mass is 553 g/mol. The Hall–Kier alpha value is -2.35. The predicted molar refractivity (Wildman–Crippen MR) is 154 cm³/mol. The molecule has 4 nitrogen and oxygen atoms in total. The number of rotatable bonds is 8. The minimum absolute atomic E-state index is 0.102. The molecule has 1 unspecified atom stereocenters. The number of ether oxygens (including phenoxy) is 1. The second-order valence-corrected chi connectivity index (χ2v) is 10.9. The minimum atomic E-state index is -1.51. The molecule has 198 valence electrons. The molecule has 1 aliphatic heterocycles. The highest BCUT2D eigenvalue weighted by Gasteiger charge is 2.25. The van der Waals surface area contributed by atoms with Crippen LogP contribution in [0.25, 0.3) is 11.1 Å². The highest BCUT2D eigenvalue weighted by atomic mass is 35.5. The Bertz CT molecular complexity index is 1320. The van der Waals surface area contributed by atoms with E-state index in [9.17, 15) is 14.4 Å². The van der Waals surface area contributed by atoms with Crippen LogP contribution < -0.4 is 10.2 Å². The summed E-state index contributed by atoms with van der Waals surface area (Å²) in [4.78, 5) is 2.26. The van der Waals surface area contributed by atoms with Crippen LogP contribution in [0.5, 0.6) is 5.75 Å². The van der Waals surface area contributed by atoms with Crippen LogP contribution in [-0.2, 0) is 6.42 Å². The van der Waals surface area contributed by atoms with Crippen molar-refractivity contribution in [2.75, 3.05) is 26.3 Å². The molecule has 38 heavy (non-hydrogen) atoms. The molecule has 0 bridgehead atoms. The van der Waals surface area contributed by atoms with Crippen LogP contribution in [0, 0.1) is 0 Å². The maximum atomic E-state index is 12.5. The summed E-state index contributed by atoms with van der Waals surface area (Å²) in [7, 11) is -1.51. The summed E-state index contributed by atoms with van der Waals surface area (Å²) in [5, 5.41) is 20.7. The Kier molecular flexibility index (Phi) is 8.76. The molecule has 1 fully saturated rings. The molecular formula is C30H31BCl2FNO3. The summed E-state index contributed by atoms with van der Waals surface area (Å²) < 4.78 is 18.8. The topological polar surface area (TPSA) is 52.9 Å². The number of benzene rings is 3. The largest absolute Gasteiger partial charge is 0.489 e. The first-order valence-electron chi connectivity index (χ1n) is 13.2. The number of alkyl halides is 1. The highest BCUT2D eigenvalue weighted by molar-refractivity contribution is 6.58. The molecular weight excluding hydrogens is 523 g/mol. The zero-order chi connectivity index (χ0) is 26.6. The molecule has 0 aromatic heterocycles. The molecule has 0 amide bonds. The number of hydrogen-bond acceptors (Lipinski definition) is 4. The van der Waals surface area contributed by atoms with Gasteiger partial charge >= 0.3 is 7.12 Å². The minimum Gasteiger partial charge on any atom is -0.489 e. The SMILES string of the molecule is OB(O)c1ccc2c(c1)CCCC(c1ccc(Cl)cc1Cl)=C2c1ccc(OC2CCN(CCCF)C2)cc1. The van der Waals surface area contributed by atoms with Crippen molar-refractivity contribution in [1.82, 2.24) is 4.90 Å². The number of nitrogens with zero attached hydrogens (tertiary/aromatic N) is 1. The lowest BCUT2D eigenvalue weighted by atomic mass is 9.77. The fraction of sp³-hybridized carbons (Fsp3) is 0.333. The van der Waals surface area contributed by atoms with Crippen LogP contribution in [0.2, 0.25) is 10.0 Å². The lowest BCUT2D eigenvalue weighted by Crippen LogP contribution is -2.30. The molecule has 1 heterocycles. The lowest BCUT2D eigenvalue weighted by Gasteiger charge is -2.19. The van der Waals surface area contributed by atoms with Crippen molar-refractivity contribution in [2.45, 2.75) is 38.2 Å². The molecule has 8 heteroatoms. The Morgan fingerprint density at radius 1 is 0.974 bits per heavy atom. The maximum absolute atomic E-state index is 12.5. The van der Waals surface area contributed by atoms with Crippen LogP contribution in [0.1, 0.15) is 47.9 Å². The smallest absolute Gasteiger partial charge is 0.488 e. The van der Waals surface area contributed by atoms with E-state index in [2.05, 4.69) is 17.0 Å². The quantitative estimate of drug-likeness (QED) is 0.347. The first-order valence-corrected chi connectivity index (χ1v) is 13.9. The van der Waals surface area contributed by atoms with Gasteiger partial charge in [0.1, 0.15) is 11.9 Å². The summed E-state index contributed by atoms with van der Waals surface area (Å²) in [5.74, 6) is 0.811. The summed E-state index contributed by atoms with van der Waals surface area (Å²) in [6.45, 7) is 2.24. The Morgan fingerprint density at radius 3 is 2.50 bits per heavy atom. The number of allylic oxidation sites excluding steroid dienone is 1. The van der Waals surface area contributed by atoms with Crippen LogP contribution in [-0.4, -0.2) is 54.5 Å². The van der Waals surface area contributed by atoms with E-state index in [4.69, 9.17) is 27.9 Å². The van der Waals surface area contributed by atoms with Gasteiger partial charge in [0.15, 0.2) is 0 Å². The second-order valence-electron chi connectivity index (χ2n) is 10.0. The molecule has 2 N–H and O–H groups in total. The first-order chi connectivity index (χ1) is 18.4. The van der Waals surface area contributed by atoms with Crippen LogP contribution in [0.15, 0.2) is 60.7 Å².